The van der Waals surface area contributed by atoms with E-state index in [1.165, 1.54) is 12.1 Å². The van der Waals surface area contributed by atoms with Crippen LogP contribution in [0, 0.1) is 0 Å². The number of phenols is 1. The van der Waals surface area contributed by atoms with E-state index < -0.39 is 5.97 Å². The van der Waals surface area contributed by atoms with Gasteiger partial charge >= 0.3 is 5.97 Å². The molecule has 19 heavy (non-hydrogen) atoms. The molecule has 0 amide bonds. The van der Waals surface area contributed by atoms with E-state index in [0.29, 0.717) is 16.9 Å². The van der Waals surface area contributed by atoms with Crippen LogP contribution in [0.4, 0.5) is 11.4 Å². The Bertz CT molecular complexity index is 609. The predicted molar refractivity (Wildman–Crippen MR) is 70.1 cm³/mol. The lowest BCUT2D eigenvalue weighted by Crippen LogP contribution is -1.99. The van der Waals surface area contributed by atoms with Gasteiger partial charge in [-0.15, -0.1) is 0 Å². The minimum atomic E-state index is -1.01. The van der Waals surface area contributed by atoms with Crippen LogP contribution in [-0.2, 0) is 11.2 Å². The number of azo groups is 1. The van der Waals surface area contributed by atoms with E-state index in [2.05, 4.69) is 10.2 Å². The summed E-state index contributed by atoms with van der Waals surface area (Å²) in [6.45, 7) is 0. The number of phenolic OH excluding ortho intramolecular Hbond substituents is 1. The molecule has 5 nitrogen and oxygen atoms in total. The van der Waals surface area contributed by atoms with Crippen LogP contribution in [0.2, 0.25) is 0 Å². The molecule has 0 spiro atoms. The van der Waals surface area contributed by atoms with Crippen LogP contribution in [0.1, 0.15) is 5.56 Å². The topological polar surface area (TPSA) is 82.2 Å². The maximum Gasteiger partial charge on any atom is 0.307 e. The van der Waals surface area contributed by atoms with Crippen molar-refractivity contribution in [1.29, 1.82) is 0 Å². The van der Waals surface area contributed by atoms with Crippen molar-refractivity contribution in [2.45, 2.75) is 6.42 Å². The molecule has 2 aromatic carbocycles. The number of benzene rings is 2. The second kappa shape index (κ2) is 5.77. The fourth-order valence-electron chi connectivity index (χ4n) is 1.55. The van der Waals surface area contributed by atoms with E-state index in [4.69, 9.17) is 5.11 Å². The van der Waals surface area contributed by atoms with E-state index in [9.17, 15) is 9.90 Å². The Morgan fingerprint density at radius 2 is 1.68 bits per heavy atom. The van der Waals surface area contributed by atoms with E-state index >= 15 is 0 Å². The molecule has 0 aliphatic carbocycles. The highest BCUT2D eigenvalue weighted by Gasteiger charge is 2.07. The van der Waals surface area contributed by atoms with E-state index in [0.717, 1.165) is 0 Å². The third-order valence-corrected chi connectivity index (χ3v) is 2.44. The number of carboxylic acid groups (broad SMARTS) is 1. The zero-order chi connectivity index (χ0) is 13.7. The Morgan fingerprint density at radius 3 is 2.37 bits per heavy atom. The van der Waals surface area contributed by atoms with Gasteiger partial charge in [-0.1, -0.05) is 18.2 Å². The highest BCUT2D eigenvalue weighted by molar-refractivity contribution is 5.72. The molecule has 2 N–H and O–H groups in total. The van der Waals surface area contributed by atoms with Gasteiger partial charge in [0.05, 0.1) is 17.8 Å². The average molecular weight is 256 g/mol. The van der Waals surface area contributed by atoms with Gasteiger partial charge in [0.15, 0.2) is 0 Å². The smallest absolute Gasteiger partial charge is 0.307 e. The number of carboxylic acids is 1. The van der Waals surface area contributed by atoms with Crippen molar-refractivity contribution in [3.8, 4) is 5.75 Å². The maximum atomic E-state index is 10.6. The molecule has 0 bridgehead atoms. The van der Waals surface area contributed by atoms with Crippen LogP contribution in [0.25, 0.3) is 0 Å². The Balaban J connectivity index is 2.21. The normalized spacial score (nSPS) is 10.7. The van der Waals surface area contributed by atoms with E-state index in [-0.39, 0.29) is 12.2 Å². The summed E-state index contributed by atoms with van der Waals surface area (Å²) in [7, 11) is 0. The third-order valence-electron chi connectivity index (χ3n) is 2.44. The largest absolute Gasteiger partial charge is 0.508 e. The molecular formula is C14H12N2O3. The number of hydrogen-bond donors (Lipinski definition) is 2. The monoisotopic (exact) mass is 256 g/mol. The van der Waals surface area contributed by atoms with Crippen molar-refractivity contribution in [3.05, 3.63) is 54.1 Å². The standard InChI is InChI=1S/C14H12N2O3/c17-13-7-6-12(8-10(13)9-14(18)19)16-15-11-4-2-1-3-5-11/h1-8,17H,9H2,(H,18,19). The lowest BCUT2D eigenvalue weighted by Gasteiger charge is -2.02. The van der Waals surface area contributed by atoms with Gasteiger partial charge in [0.25, 0.3) is 0 Å². The van der Waals surface area contributed by atoms with Gasteiger partial charge < -0.3 is 10.2 Å². The summed E-state index contributed by atoms with van der Waals surface area (Å²) in [5.74, 6) is -1.06. The lowest BCUT2D eigenvalue weighted by molar-refractivity contribution is -0.136. The van der Waals surface area contributed by atoms with Crippen LogP contribution in [0.15, 0.2) is 58.8 Å². The highest BCUT2D eigenvalue weighted by Crippen LogP contribution is 2.25. The summed E-state index contributed by atoms with van der Waals surface area (Å²) in [5, 5.41) is 26.3. The molecule has 0 aliphatic rings. The molecule has 0 heterocycles. The molecule has 0 aromatic heterocycles. The fraction of sp³-hybridized carbons (Fsp3) is 0.0714. The summed E-state index contributed by atoms with van der Waals surface area (Å²) in [4.78, 5) is 10.6. The predicted octanol–water partition coefficient (Wildman–Crippen LogP) is 3.43. The van der Waals surface area contributed by atoms with Crippen LogP contribution >= 0.6 is 0 Å². The van der Waals surface area contributed by atoms with Crippen molar-refractivity contribution in [3.63, 3.8) is 0 Å². The van der Waals surface area contributed by atoms with Crippen molar-refractivity contribution in [2.75, 3.05) is 0 Å². The third kappa shape index (κ3) is 3.64. The number of hydrogen-bond acceptors (Lipinski definition) is 4. The first-order chi connectivity index (χ1) is 9.15. The first-order valence-corrected chi connectivity index (χ1v) is 5.65. The number of nitrogens with zero attached hydrogens (tertiary/aromatic N) is 2. The Morgan fingerprint density at radius 1 is 1.00 bits per heavy atom. The fourth-order valence-corrected chi connectivity index (χ4v) is 1.55. The minimum Gasteiger partial charge on any atom is -0.508 e. The summed E-state index contributed by atoms with van der Waals surface area (Å²) in [5.41, 5.74) is 1.52. The molecule has 0 saturated carbocycles. The van der Waals surface area contributed by atoms with Gasteiger partial charge in [-0.25, -0.2) is 0 Å². The van der Waals surface area contributed by atoms with Crippen molar-refractivity contribution >= 4 is 17.3 Å². The zero-order valence-corrected chi connectivity index (χ0v) is 10.0. The number of aromatic hydroxyl groups is 1. The number of aliphatic carboxylic acids is 1. The molecular weight excluding hydrogens is 244 g/mol. The molecule has 0 atom stereocenters. The Kier molecular flexibility index (Phi) is 3.87. The van der Waals surface area contributed by atoms with Gasteiger partial charge in [0.1, 0.15) is 5.75 Å². The number of carbonyl (C=O) groups is 1. The minimum absolute atomic E-state index is 0.0546. The first-order valence-electron chi connectivity index (χ1n) is 5.65. The highest BCUT2D eigenvalue weighted by atomic mass is 16.4. The average Bonchev–Trinajstić information content (AvgIpc) is 2.40. The molecule has 0 saturated heterocycles. The van der Waals surface area contributed by atoms with Crippen LogP contribution in [0.5, 0.6) is 5.75 Å². The molecule has 2 aromatic rings. The van der Waals surface area contributed by atoms with Crippen LogP contribution in [0.3, 0.4) is 0 Å². The molecule has 96 valence electrons. The second-order valence-electron chi connectivity index (χ2n) is 3.92. The quantitative estimate of drug-likeness (QED) is 0.822. The molecule has 0 unspecified atom stereocenters. The summed E-state index contributed by atoms with van der Waals surface area (Å²) in [6.07, 6.45) is -0.249. The molecule has 5 heteroatoms. The van der Waals surface area contributed by atoms with Crippen LogP contribution < -0.4 is 0 Å². The van der Waals surface area contributed by atoms with Gasteiger partial charge in [-0.2, -0.15) is 10.2 Å². The summed E-state index contributed by atoms with van der Waals surface area (Å²) >= 11 is 0. The first kappa shape index (κ1) is 12.8. The Hall–Kier alpha value is -2.69. The van der Waals surface area contributed by atoms with E-state index in [1.54, 1.807) is 6.07 Å². The van der Waals surface area contributed by atoms with Crippen LogP contribution in [-0.4, -0.2) is 16.2 Å². The second-order valence-corrected chi connectivity index (χ2v) is 3.92. The van der Waals surface area contributed by atoms with Crippen molar-refractivity contribution in [2.24, 2.45) is 10.2 Å². The SMILES string of the molecule is O=C(O)Cc1cc(N=Nc2ccccc2)ccc1O. The zero-order valence-electron chi connectivity index (χ0n) is 10.0. The summed E-state index contributed by atoms with van der Waals surface area (Å²) in [6, 6.07) is 13.7. The van der Waals surface area contributed by atoms with Crippen molar-refractivity contribution in [1.82, 2.24) is 0 Å². The Labute approximate surface area is 109 Å². The van der Waals surface area contributed by atoms with Crippen molar-refractivity contribution < 1.29 is 15.0 Å². The molecule has 0 aliphatic heterocycles. The molecule has 2 rings (SSSR count). The van der Waals surface area contributed by atoms with E-state index in [1.807, 2.05) is 30.3 Å². The lowest BCUT2D eigenvalue weighted by atomic mass is 10.1. The number of rotatable bonds is 4. The van der Waals surface area contributed by atoms with Gasteiger partial charge in [0.2, 0.25) is 0 Å². The molecule has 0 radical (unpaired) electrons. The molecule has 0 fully saturated rings. The van der Waals surface area contributed by atoms with Gasteiger partial charge in [-0.05, 0) is 30.3 Å². The summed E-state index contributed by atoms with van der Waals surface area (Å²) < 4.78 is 0. The van der Waals surface area contributed by atoms with Gasteiger partial charge in [-0.3, -0.25) is 4.79 Å². The van der Waals surface area contributed by atoms with Gasteiger partial charge in [0, 0.05) is 5.56 Å². The maximum absolute atomic E-state index is 10.6.